The number of carbonyl (C=O) groups excluding carboxylic acids is 1. The Morgan fingerprint density at radius 2 is 1.90 bits per heavy atom. The van der Waals surface area contributed by atoms with E-state index in [1.807, 2.05) is 25.1 Å². The van der Waals surface area contributed by atoms with Gasteiger partial charge in [0.2, 0.25) is 5.88 Å². The van der Waals surface area contributed by atoms with Crippen molar-refractivity contribution >= 4 is 5.91 Å². The average Bonchev–Trinajstić information content (AvgIpc) is 3.19. The second kappa shape index (κ2) is 8.57. The first-order valence-corrected chi connectivity index (χ1v) is 9.37. The van der Waals surface area contributed by atoms with Gasteiger partial charge in [-0.25, -0.2) is 14.1 Å². The molecule has 0 saturated heterocycles. The normalized spacial score (nSPS) is 10.6. The molecule has 4 rings (SSSR count). The summed E-state index contributed by atoms with van der Waals surface area (Å²) >= 11 is 0. The van der Waals surface area contributed by atoms with Gasteiger partial charge in [-0.05, 0) is 55.5 Å². The molecule has 0 saturated carbocycles. The first kappa shape index (κ1) is 19.3. The number of ether oxygens (including phenoxy) is 1. The minimum Gasteiger partial charge on any atom is -0.439 e. The summed E-state index contributed by atoms with van der Waals surface area (Å²) < 4.78 is 20.9. The van der Waals surface area contributed by atoms with E-state index in [4.69, 9.17) is 4.74 Å². The van der Waals surface area contributed by atoms with Crippen molar-refractivity contribution < 1.29 is 13.9 Å². The van der Waals surface area contributed by atoms with E-state index in [2.05, 4.69) is 15.4 Å². The molecule has 0 atom stereocenters. The summed E-state index contributed by atoms with van der Waals surface area (Å²) in [5.41, 5.74) is 3.10. The maximum atomic E-state index is 13.4. The second-order valence-electron chi connectivity index (χ2n) is 6.64. The maximum Gasteiger partial charge on any atom is 0.251 e. The molecular formula is C23H19FN4O2. The molecule has 0 radical (unpaired) electrons. The van der Waals surface area contributed by atoms with E-state index >= 15 is 0 Å². The Morgan fingerprint density at radius 1 is 1.07 bits per heavy atom. The number of hydrogen-bond acceptors (Lipinski definition) is 4. The Balaban J connectivity index is 1.43. The van der Waals surface area contributed by atoms with Gasteiger partial charge in [-0.15, -0.1) is 0 Å². The highest BCUT2D eigenvalue weighted by molar-refractivity contribution is 5.94. The number of rotatable bonds is 6. The van der Waals surface area contributed by atoms with Gasteiger partial charge in [0.05, 0.1) is 5.69 Å². The quantitative estimate of drug-likeness (QED) is 0.518. The van der Waals surface area contributed by atoms with Gasteiger partial charge in [0, 0.05) is 41.8 Å². The van der Waals surface area contributed by atoms with Crippen LogP contribution in [0.3, 0.4) is 0 Å². The summed E-state index contributed by atoms with van der Waals surface area (Å²) in [5, 5.41) is 7.12. The fourth-order valence-electron chi connectivity index (χ4n) is 2.96. The highest BCUT2D eigenvalue weighted by Gasteiger charge is 2.11. The lowest BCUT2D eigenvalue weighted by Gasteiger charge is -2.11. The fraction of sp³-hybridized carbons (Fsp3) is 0.0870. The minimum absolute atomic E-state index is 0.220. The molecule has 2 heterocycles. The number of aromatic nitrogens is 3. The van der Waals surface area contributed by atoms with Crippen molar-refractivity contribution in [2.24, 2.45) is 0 Å². The first-order chi connectivity index (χ1) is 14.6. The molecule has 2 aromatic carbocycles. The molecule has 4 aromatic rings. The van der Waals surface area contributed by atoms with Gasteiger partial charge in [0.15, 0.2) is 0 Å². The van der Waals surface area contributed by atoms with Crippen LogP contribution in [0.4, 0.5) is 4.39 Å². The van der Waals surface area contributed by atoms with Crippen molar-refractivity contribution in [2.75, 3.05) is 0 Å². The highest BCUT2D eigenvalue weighted by Crippen LogP contribution is 2.23. The summed E-state index contributed by atoms with van der Waals surface area (Å²) in [6.07, 6.45) is 3.31. The first-order valence-electron chi connectivity index (χ1n) is 9.37. The van der Waals surface area contributed by atoms with Gasteiger partial charge in [0.25, 0.3) is 5.91 Å². The summed E-state index contributed by atoms with van der Waals surface area (Å²) in [4.78, 5) is 16.7. The van der Waals surface area contributed by atoms with Crippen LogP contribution in [0.1, 0.15) is 21.6 Å². The zero-order chi connectivity index (χ0) is 20.9. The van der Waals surface area contributed by atoms with Gasteiger partial charge in [-0.3, -0.25) is 4.79 Å². The zero-order valence-electron chi connectivity index (χ0n) is 16.2. The molecule has 150 valence electrons. The van der Waals surface area contributed by atoms with Crippen LogP contribution in [0.5, 0.6) is 11.6 Å². The Labute approximate surface area is 173 Å². The number of halogens is 1. The number of hydrogen-bond donors (Lipinski definition) is 1. The molecule has 7 heteroatoms. The lowest BCUT2D eigenvalue weighted by molar-refractivity contribution is 0.0950. The van der Waals surface area contributed by atoms with Crippen LogP contribution in [-0.2, 0) is 6.54 Å². The average molecular weight is 402 g/mol. The SMILES string of the molecule is Cc1ccnn1-c1ccc(C(=O)NCc2cccnc2Oc2cccc(F)c2)cc1. The molecule has 0 aliphatic rings. The Kier molecular flexibility index (Phi) is 5.52. The van der Waals surface area contributed by atoms with Gasteiger partial charge in [-0.1, -0.05) is 12.1 Å². The standard InChI is InChI=1S/C23H19FN4O2/c1-16-11-13-27-28(16)20-9-7-17(8-10-20)22(29)26-15-18-4-3-12-25-23(18)30-21-6-2-5-19(24)14-21/h2-14H,15H2,1H3,(H,26,29). The molecule has 6 nitrogen and oxygen atoms in total. The number of carbonyl (C=O) groups is 1. The fourth-order valence-corrected chi connectivity index (χ4v) is 2.96. The van der Waals surface area contributed by atoms with Crippen LogP contribution >= 0.6 is 0 Å². The Bertz CT molecular complexity index is 1170. The Morgan fingerprint density at radius 3 is 2.63 bits per heavy atom. The van der Waals surface area contributed by atoms with Crippen molar-refractivity contribution in [1.29, 1.82) is 0 Å². The van der Waals surface area contributed by atoms with Gasteiger partial charge in [-0.2, -0.15) is 5.10 Å². The van der Waals surface area contributed by atoms with Crippen LogP contribution in [0.25, 0.3) is 5.69 Å². The third-order valence-electron chi connectivity index (χ3n) is 4.51. The maximum absolute atomic E-state index is 13.4. The van der Waals surface area contributed by atoms with E-state index in [0.717, 1.165) is 11.4 Å². The number of nitrogens with zero attached hydrogens (tertiary/aromatic N) is 3. The molecule has 30 heavy (non-hydrogen) atoms. The van der Waals surface area contributed by atoms with Crippen molar-refractivity contribution in [1.82, 2.24) is 20.1 Å². The van der Waals surface area contributed by atoms with E-state index in [9.17, 15) is 9.18 Å². The molecule has 0 aliphatic carbocycles. The van der Waals surface area contributed by atoms with Crippen molar-refractivity contribution in [2.45, 2.75) is 13.5 Å². The number of aryl methyl sites for hydroxylation is 1. The number of benzene rings is 2. The van der Waals surface area contributed by atoms with Gasteiger partial charge >= 0.3 is 0 Å². The molecule has 0 unspecified atom stereocenters. The van der Waals surface area contributed by atoms with Crippen molar-refractivity contribution in [3.63, 3.8) is 0 Å². The molecule has 0 bridgehead atoms. The number of pyridine rings is 1. The summed E-state index contributed by atoms with van der Waals surface area (Å²) in [5.74, 6) is 0.0324. The van der Waals surface area contributed by atoms with E-state index < -0.39 is 5.82 Å². The number of nitrogens with one attached hydrogen (secondary N) is 1. The van der Waals surface area contributed by atoms with E-state index in [1.54, 1.807) is 53.5 Å². The van der Waals surface area contributed by atoms with Crippen molar-refractivity contribution in [3.8, 4) is 17.3 Å². The van der Waals surface area contributed by atoms with Gasteiger partial charge in [0.1, 0.15) is 11.6 Å². The Hall–Kier alpha value is -4.00. The van der Waals surface area contributed by atoms with E-state index in [-0.39, 0.29) is 12.5 Å². The second-order valence-corrected chi connectivity index (χ2v) is 6.64. The monoisotopic (exact) mass is 402 g/mol. The smallest absolute Gasteiger partial charge is 0.251 e. The highest BCUT2D eigenvalue weighted by atomic mass is 19.1. The van der Waals surface area contributed by atoms with Crippen LogP contribution in [-0.4, -0.2) is 20.7 Å². The van der Waals surface area contributed by atoms with E-state index in [1.165, 1.54) is 12.1 Å². The summed E-state index contributed by atoms with van der Waals surface area (Å²) in [7, 11) is 0. The van der Waals surface area contributed by atoms with Gasteiger partial charge < -0.3 is 10.1 Å². The third kappa shape index (κ3) is 4.35. The molecule has 1 amide bonds. The summed E-state index contributed by atoms with van der Waals surface area (Å²) in [6.45, 7) is 2.18. The molecular weight excluding hydrogens is 383 g/mol. The third-order valence-corrected chi connectivity index (χ3v) is 4.51. The lowest BCUT2D eigenvalue weighted by atomic mass is 10.2. The molecule has 0 spiro atoms. The predicted octanol–water partition coefficient (Wildman–Crippen LogP) is 4.44. The van der Waals surface area contributed by atoms with Crippen LogP contribution in [0, 0.1) is 12.7 Å². The van der Waals surface area contributed by atoms with Crippen molar-refractivity contribution in [3.05, 3.63) is 102 Å². The van der Waals surface area contributed by atoms with Crippen LogP contribution in [0.2, 0.25) is 0 Å². The predicted molar refractivity (Wildman–Crippen MR) is 110 cm³/mol. The molecule has 1 N–H and O–H groups in total. The number of amides is 1. The summed E-state index contributed by atoms with van der Waals surface area (Å²) in [6, 6.07) is 18.5. The zero-order valence-corrected chi connectivity index (χ0v) is 16.2. The van der Waals surface area contributed by atoms with E-state index in [0.29, 0.717) is 22.8 Å². The molecule has 2 aromatic heterocycles. The van der Waals surface area contributed by atoms with Crippen LogP contribution in [0.15, 0.2) is 79.1 Å². The van der Waals surface area contributed by atoms with Crippen LogP contribution < -0.4 is 10.1 Å². The minimum atomic E-state index is -0.396. The topological polar surface area (TPSA) is 69.0 Å². The molecule has 0 fully saturated rings. The largest absolute Gasteiger partial charge is 0.439 e. The molecule has 0 aliphatic heterocycles. The lowest BCUT2D eigenvalue weighted by Crippen LogP contribution is -2.23.